The minimum atomic E-state index is -0.219. The largest absolute Gasteiger partial charge is 0.363 e. The summed E-state index contributed by atoms with van der Waals surface area (Å²) in [6.45, 7) is 0.956. The highest BCUT2D eigenvalue weighted by atomic mass is 32.2. The van der Waals surface area contributed by atoms with Crippen LogP contribution in [0, 0.1) is 5.82 Å². The number of nitrogens with zero attached hydrogens (tertiary/aromatic N) is 2. The van der Waals surface area contributed by atoms with Gasteiger partial charge in [-0.25, -0.2) is 14.2 Å². The molecule has 0 unspecified atom stereocenters. The molecule has 25 heavy (non-hydrogen) atoms. The third kappa shape index (κ3) is 6.62. The van der Waals surface area contributed by atoms with Crippen molar-refractivity contribution in [3.05, 3.63) is 59.5 Å². The molecule has 1 aromatic heterocycles. The van der Waals surface area contributed by atoms with Gasteiger partial charge in [0.25, 0.3) is 0 Å². The van der Waals surface area contributed by atoms with Gasteiger partial charge in [-0.3, -0.25) is 0 Å². The minimum Gasteiger partial charge on any atom is -0.363 e. The predicted molar refractivity (Wildman–Crippen MR) is 101 cm³/mol. The first-order valence-electron chi connectivity index (χ1n) is 8.01. The van der Waals surface area contributed by atoms with Crippen molar-refractivity contribution >= 4 is 23.6 Å². The Kier molecular flexibility index (Phi) is 7.53. The maximum atomic E-state index is 13.5. The number of rotatable bonds is 8. The molecule has 134 valence electrons. The molecule has 0 spiro atoms. The molecule has 2 N–H and O–H groups in total. The van der Waals surface area contributed by atoms with E-state index in [0.29, 0.717) is 24.4 Å². The van der Waals surface area contributed by atoms with Gasteiger partial charge in [-0.05, 0) is 23.3 Å². The van der Waals surface area contributed by atoms with Crippen LogP contribution in [0.4, 0.5) is 15.0 Å². The monoisotopic (exact) mass is 362 g/mol. The number of thioether (sulfide) groups is 1. The molecule has 0 aliphatic rings. The molecule has 5 nitrogen and oxygen atoms in total. The predicted octanol–water partition coefficient (Wildman–Crippen LogP) is 3.02. The topological polar surface area (TPSA) is 57.3 Å². The zero-order chi connectivity index (χ0) is 18.1. The highest BCUT2D eigenvalue weighted by Crippen LogP contribution is 2.14. The summed E-state index contributed by atoms with van der Waals surface area (Å²) in [6, 6.07) is 10.4. The van der Waals surface area contributed by atoms with Gasteiger partial charge in [0, 0.05) is 44.9 Å². The smallest absolute Gasteiger partial charge is 0.315 e. The second-order valence-electron chi connectivity index (χ2n) is 5.67. The number of anilines is 1. The van der Waals surface area contributed by atoms with Crippen LogP contribution in [0.3, 0.4) is 0 Å². The Labute approximate surface area is 152 Å². The molecule has 0 saturated heterocycles. The van der Waals surface area contributed by atoms with Crippen molar-refractivity contribution in [2.75, 3.05) is 31.3 Å². The number of benzene rings is 1. The number of carbonyl (C=O) groups is 1. The highest BCUT2D eigenvalue weighted by molar-refractivity contribution is 7.98. The molecule has 0 radical (unpaired) electrons. The summed E-state index contributed by atoms with van der Waals surface area (Å²) in [5.74, 6) is 2.01. The van der Waals surface area contributed by atoms with Gasteiger partial charge in [0.15, 0.2) is 0 Å². The number of pyridine rings is 1. The number of hydrogen-bond acceptors (Lipinski definition) is 4. The summed E-state index contributed by atoms with van der Waals surface area (Å²) in [6.07, 6.45) is 1.75. The number of aromatic nitrogens is 1. The van der Waals surface area contributed by atoms with E-state index in [1.165, 1.54) is 6.07 Å². The van der Waals surface area contributed by atoms with E-state index in [9.17, 15) is 9.18 Å². The van der Waals surface area contributed by atoms with E-state index in [1.807, 2.05) is 37.2 Å². The lowest BCUT2D eigenvalue weighted by molar-refractivity contribution is 0.241. The third-order valence-corrected chi connectivity index (χ3v) is 4.48. The molecular formula is C18H23FN4OS. The van der Waals surface area contributed by atoms with Gasteiger partial charge in [-0.2, -0.15) is 11.8 Å². The lowest BCUT2D eigenvalue weighted by atomic mass is 10.2. The zero-order valence-electron chi connectivity index (χ0n) is 14.5. The lowest BCUT2D eigenvalue weighted by Crippen LogP contribution is -2.36. The Morgan fingerprint density at radius 2 is 2.00 bits per heavy atom. The molecule has 0 fully saturated rings. The SMILES string of the molecule is CN(C)c1ccc(CNC(=O)NCCSCc2ccccc2F)cn1. The fraction of sp³-hybridized carbons (Fsp3) is 0.333. The van der Waals surface area contributed by atoms with Gasteiger partial charge in [0.1, 0.15) is 11.6 Å². The summed E-state index contributed by atoms with van der Waals surface area (Å²) in [5, 5.41) is 5.58. The molecule has 1 aromatic carbocycles. The number of nitrogens with one attached hydrogen (secondary N) is 2. The van der Waals surface area contributed by atoms with Crippen molar-refractivity contribution in [3.8, 4) is 0 Å². The molecule has 7 heteroatoms. The van der Waals surface area contributed by atoms with Gasteiger partial charge in [-0.15, -0.1) is 0 Å². The summed E-state index contributed by atoms with van der Waals surface area (Å²) in [7, 11) is 3.86. The van der Waals surface area contributed by atoms with Crippen molar-refractivity contribution in [3.63, 3.8) is 0 Å². The number of amides is 2. The normalized spacial score (nSPS) is 10.4. The van der Waals surface area contributed by atoms with Crippen LogP contribution in [-0.4, -0.2) is 37.4 Å². The van der Waals surface area contributed by atoms with E-state index >= 15 is 0 Å². The van der Waals surface area contributed by atoms with Crippen molar-refractivity contribution < 1.29 is 9.18 Å². The van der Waals surface area contributed by atoms with Crippen LogP contribution < -0.4 is 15.5 Å². The Morgan fingerprint density at radius 1 is 1.20 bits per heavy atom. The van der Waals surface area contributed by atoms with Gasteiger partial charge in [0.05, 0.1) is 0 Å². The standard InChI is InChI=1S/C18H23FN4OS/c1-23(2)17-8-7-14(11-21-17)12-22-18(24)20-9-10-25-13-15-5-3-4-6-16(15)19/h3-8,11H,9-10,12-13H2,1-2H3,(H2,20,22,24). The third-order valence-electron chi connectivity index (χ3n) is 3.47. The molecule has 1 heterocycles. The van der Waals surface area contributed by atoms with Crippen molar-refractivity contribution in [2.24, 2.45) is 0 Å². The van der Waals surface area contributed by atoms with Crippen molar-refractivity contribution in [1.29, 1.82) is 0 Å². The molecule has 2 amide bonds. The Bertz CT molecular complexity index is 679. The minimum absolute atomic E-state index is 0.186. The van der Waals surface area contributed by atoms with E-state index in [1.54, 1.807) is 30.1 Å². The molecule has 0 aliphatic heterocycles. The summed E-state index contributed by atoms with van der Waals surface area (Å²) in [5.41, 5.74) is 1.63. The van der Waals surface area contributed by atoms with E-state index in [-0.39, 0.29) is 11.8 Å². The fourth-order valence-corrected chi connectivity index (χ4v) is 2.91. The lowest BCUT2D eigenvalue weighted by Gasteiger charge is -2.12. The van der Waals surface area contributed by atoms with Gasteiger partial charge in [0.2, 0.25) is 0 Å². The highest BCUT2D eigenvalue weighted by Gasteiger charge is 2.03. The summed E-state index contributed by atoms with van der Waals surface area (Å²) >= 11 is 1.58. The Balaban J connectivity index is 1.60. The maximum absolute atomic E-state index is 13.5. The van der Waals surface area contributed by atoms with Crippen molar-refractivity contribution in [1.82, 2.24) is 15.6 Å². The van der Waals surface area contributed by atoms with Crippen LogP contribution in [0.15, 0.2) is 42.6 Å². The number of carbonyl (C=O) groups excluding carboxylic acids is 1. The second-order valence-corrected chi connectivity index (χ2v) is 6.78. The number of hydrogen-bond donors (Lipinski definition) is 2. The maximum Gasteiger partial charge on any atom is 0.315 e. The molecule has 2 rings (SSSR count). The average molecular weight is 362 g/mol. The van der Waals surface area contributed by atoms with Crippen LogP contribution >= 0.6 is 11.8 Å². The van der Waals surface area contributed by atoms with Gasteiger partial charge >= 0.3 is 6.03 Å². The average Bonchev–Trinajstić information content (AvgIpc) is 2.61. The van der Waals surface area contributed by atoms with Gasteiger partial charge < -0.3 is 15.5 Å². The summed E-state index contributed by atoms with van der Waals surface area (Å²) < 4.78 is 13.5. The molecule has 0 saturated carbocycles. The first kappa shape index (κ1) is 19.1. The van der Waals surface area contributed by atoms with Crippen LogP contribution in [0.25, 0.3) is 0 Å². The molecule has 2 aromatic rings. The Hall–Kier alpha value is -2.28. The van der Waals surface area contributed by atoms with Crippen LogP contribution in [0.5, 0.6) is 0 Å². The summed E-state index contributed by atoms with van der Waals surface area (Å²) in [4.78, 5) is 18.0. The second kappa shape index (κ2) is 9.88. The first-order chi connectivity index (χ1) is 12.1. The first-order valence-corrected chi connectivity index (χ1v) is 9.17. The van der Waals surface area contributed by atoms with Crippen LogP contribution in [0.1, 0.15) is 11.1 Å². The fourth-order valence-electron chi connectivity index (χ4n) is 2.06. The van der Waals surface area contributed by atoms with E-state index < -0.39 is 0 Å². The molecule has 0 atom stereocenters. The number of halogens is 1. The van der Waals surface area contributed by atoms with E-state index in [0.717, 1.165) is 17.1 Å². The zero-order valence-corrected chi connectivity index (χ0v) is 15.3. The van der Waals surface area contributed by atoms with Crippen molar-refractivity contribution in [2.45, 2.75) is 12.3 Å². The van der Waals surface area contributed by atoms with Crippen LogP contribution in [-0.2, 0) is 12.3 Å². The van der Waals surface area contributed by atoms with Gasteiger partial charge in [-0.1, -0.05) is 24.3 Å². The van der Waals surface area contributed by atoms with Crippen LogP contribution in [0.2, 0.25) is 0 Å². The molecule has 0 bridgehead atoms. The molecular weight excluding hydrogens is 339 g/mol. The molecule has 0 aliphatic carbocycles. The quantitative estimate of drug-likeness (QED) is 0.709. The van der Waals surface area contributed by atoms with E-state index in [4.69, 9.17) is 0 Å². The number of urea groups is 1. The van der Waals surface area contributed by atoms with E-state index in [2.05, 4.69) is 15.6 Å². The Morgan fingerprint density at radius 3 is 2.68 bits per heavy atom.